The molecule has 1 N–H and O–H groups in total. The maximum atomic E-state index is 12.7. The van der Waals surface area contributed by atoms with E-state index in [0.717, 1.165) is 24.2 Å². The fourth-order valence-electron chi connectivity index (χ4n) is 2.89. The van der Waals surface area contributed by atoms with Gasteiger partial charge in [0.15, 0.2) is 0 Å². The lowest BCUT2D eigenvalue weighted by atomic mass is 10.0. The van der Waals surface area contributed by atoms with Crippen LogP contribution in [0, 0.1) is 5.92 Å². The molecule has 0 saturated carbocycles. The molecule has 1 atom stereocenters. The van der Waals surface area contributed by atoms with Crippen molar-refractivity contribution in [3.05, 3.63) is 66.1 Å². The highest BCUT2D eigenvalue weighted by Crippen LogP contribution is 2.24. The van der Waals surface area contributed by atoms with E-state index < -0.39 is 0 Å². The standard InChI is InChI=1S/C19H21NO3/c21-18-10-4-3-8-16(18)13-20(14-17-9-5-11-23-17)19(22)12-15-6-1-2-7-15/h1,3-6,8-11,15,21H,2,7,12-14H2. The van der Waals surface area contributed by atoms with Gasteiger partial charge in [-0.1, -0.05) is 30.4 Å². The first-order valence-electron chi connectivity index (χ1n) is 7.96. The average Bonchev–Trinajstić information content (AvgIpc) is 3.22. The second kappa shape index (κ2) is 7.18. The van der Waals surface area contributed by atoms with Crippen LogP contribution < -0.4 is 0 Å². The van der Waals surface area contributed by atoms with Crippen LogP contribution in [0.4, 0.5) is 0 Å². The Morgan fingerprint density at radius 1 is 1.22 bits per heavy atom. The van der Waals surface area contributed by atoms with Crippen molar-refractivity contribution >= 4 is 5.91 Å². The Morgan fingerprint density at radius 2 is 2.09 bits per heavy atom. The minimum Gasteiger partial charge on any atom is -0.508 e. The van der Waals surface area contributed by atoms with Gasteiger partial charge in [-0.25, -0.2) is 0 Å². The summed E-state index contributed by atoms with van der Waals surface area (Å²) >= 11 is 0. The molecule has 1 unspecified atom stereocenters. The van der Waals surface area contributed by atoms with E-state index in [1.54, 1.807) is 23.3 Å². The van der Waals surface area contributed by atoms with Crippen molar-refractivity contribution in [2.75, 3.05) is 0 Å². The molecule has 0 aliphatic heterocycles. The van der Waals surface area contributed by atoms with Crippen LogP contribution in [0.1, 0.15) is 30.6 Å². The first-order chi connectivity index (χ1) is 11.2. The molecule has 120 valence electrons. The van der Waals surface area contributed by atoms with E-state index >= 15 is 0 Å². The molecule has 23 heavy (non-hydrogen) atoms. The Kier molecular flexibility index (Phi) is 4.81. The van der Waals surface area contributed by atoms with Gasteiger partial charge in [-0.05, 0) is 37.0 Å². The van der Waals surface area contributed by atoms with Crippen molar-refractivity contribution in [3.63, 3.8) is 0 Å². The Balaban J connectivity index is 1.73. The Hall–Kier alpha value is -2.49. The molecule has 3 rings (SSSR count). The highest BCUT2D eigenvalue weighted by Gasteiger charge is 2.21. The third kappa shape index (κ3) is 4.03. The van der Waals surface area contributed by atoms with Crippen LogP contribution in [0.2, 0.25) is 0 Å². The number of nitrogens with zero attached hydrogens (tertiary/aromatic N) is 1. The van der Waals surface area contributed by atoms with Crippen LogP contribution in [-0.2, 0) is 17.9 Å². The number of furan rings is 1. The van der Waals surface area contributed by atoms with E-state index in [0.29, 0.717) is 25.4 Å². The lowest BCUT2D eigenvalue weighted by Gasteiger charge is -2.23. The van der Waals surface area contributed by atoms with Gasteiger partial charge >= 0.3 is 0 Å². The van der Waals surface area contributed by atoms with E-state index in [1.165, 1.54) is 0 Å². The zero-order valence-corrected chi connectivity index (χ0v) is 13.0. The third-order valence-electron chi connectivity index (χ3n) is 4.18. The van der Waals surface area contributed by atoms with Crippen molar-refractivity contribution in [2.24, 2.45) is 5.92 Å². The molecule has 4 heteroatoms. The molecule has 1 aromatic carbocycles. The lowest BCUT2D eigenvalue weighted by Crippen LogP contribution is -2.31. The third-order valence-corrected chi connectivity index (χ3v) is 4.18. The highest BCUT2D eigenvalue weighted by molar-refractivity contribution is 5.76. The molecule has 1 heterocycles. The van der Waals surface area contributed by atoms with Gasteiger partial charge < -0.3 is 14.4 Å². The number of rotatable bonds is 6. The van der Waals surface area contributed by atoms with Crippen molar-refractivity contribution in [1.29, 1.82) is 0 Å². The topological polar surface area (TPSA) is 53.7 Å². The summed E-state index contributed by atoms with van der Waals surface area (Å²) in [6, 6.07) is 10.8. The summed E-state index contributed by atoms with van der Waals surface area (Å²) in [5.41, 5.74) is 0.745. The van der Waals surface area contributed by atoms with Crippen molar-refractivity contribution in [1.82, 2.24) is 4.90 Å². The van der Waals surface area contributed by atoms with E-state index in [-0.39, 0.29) is 11.7 Å². The first kappa shape index (κ1) is 15.4. The van der Waals surface area contributed by atoms with E-state index in [2.05, 4.69) is 12.2 Å². The fourth-order valence-corrected chi connectivity index (χ4v) is 2.89. The Labute approximate surface area is 136 Å². The minimum atomic E-state index is 0.0844. The van der Waals surface area contributed by atoms with Gasteiger partial charge in [0.25, 0.3) is 0 Å². The SMILES string of the molecule is O=C(CC1C=CCC1)N(Cc1ccco1)Cc1ccccc1O. The zero-order valence-electron chi connectivity index (χ0n) is 13.0. The number of hydrogen-bond donors (Lipinski definition) is 1. The van der Waals surface area contributed by atoms with Gasteiger partial charge in [0.2, 0.25) is 5.91 Å². The van der Waals surface area contributed by atoms with Crippen LogP contribution in [-0.4, -0.2) is 15.9 Å². The molecule has 0 spiro atoms. The van der Waals surface area contributed by atoms with Crippen LogP contribution >= 0.6 is 0 Å². The maximum Gasteiger partial charge on any atom is 0.223 e. The normalized spacial score (nSPS) is 16.6. The van der Waals surface area contributed by atoms with E-state index in [9.17, 15) is 9.90 Å². The minimum absolute atomic E-state index is 0.0844. The molecule has 1 aliphatic rings. The summed E-state index contributed by atoms with van der Waals surface area (Å²) in [7, 11) is 0. The van der Waals surface area contributed by atoms with Gasteiger partial charge in [-0.15, -0.1) is 0 Å². The van der Waals surface area contributed by atoms with Crippen LogP contribution in [0.15, 0.2) is 59.2 Å². The molecule has 2 aromatic rings. The fraction of sp³-hybridized carbons (Fsp3) is 0.316. The smallest absolute Gasteiger partial charge is 0.223 e. The van der Waals surface area contributed by atoms with Gasteiger partial charge in [0, 0.05) is 18.5 Å². The van der Waals surface area contributed by atoms with Gasteiger partial charge in [0.1, 0.15) is 11.5 Å². The summed E-state index contributed by atoms with van der Waals surface area (Å²) in [6.07, 6.45) is 8.47. The van der Waals surface area contributed by atoms with E-state index in [1.807, 2.05) is 24.3 Å². The zero-order chi connectivity index (χ0) is 16.1. The predicted octanol–water partition coefficient (Wildman–Crippen LogP) is 3.87. The molecule has 1 amide bonds. The number of para-hydroxylation sites is 1. The van der Waals surface area contributed by atoms with Crippen molar-refractivity contribution in [2.45, 2.75) is 32.4 Å². The number of allylic oxidation sites excluding steroid dienone is 2. The Bertz CT molecular complexity index is 676. The largest absolute Gasteiger partial charge is 0.508 e. The van der Waals surface area contributed by atoms with Crippen molar-refractivity contribution in [3.8, 4) is 5.75 Å². The quantitative estimate of drug-likeness (QED) is 0.824. The van der Waals surface area contributed by atoms with Crippen LogP contribution in [0.5, 0.6) is 5.75 Å². The summed E-state index contributed by atoms with van der Waals surface area (Å²) in [5.74, 6) is 1.37. The number of hydrogen-bond acceptors (Lipinski definition) is 3. The van der Waals surface area contributed by atoms with Crippen LogP contribution in [0.25, 0.3) is 0 Å². The lowest BCUT2D eigenvalue weighted by molar-refractivity contribution is -0.133. The number of phenols is 1. The number of benzene rings is 1. The molecule has 1 aromatic heterocycles. The number of amides is 1. The van der Waals surface area contributed by atoms with E-state index in [4.69, 9.17) is 4.42 Å². The molecule has 0 bridgehead atoms. The molecule has 0 saturated heterocycles. The second-order valence-corrected chi connectivity index (χ2v) is 5.93. The van der Waals surface area contributed by atoms with Crippen molar-refractivity contribution < 1.29 is 14.3 Å². The summed E-state index contributed by atoms with van der Waals surface area (Å²) in [6.45, 7) is 0.791. The number of phenolic OH excluding ortho intramolecular Hbond substituents is 1. The van der Waals surface area contributed by atoms with Gasteiger partial charge in [-0.2, -0.15) is 0 Å². The number of carbonyl (C=O) groups is 1. The van der Waals surface area contributed by atoms with Gasteiger partial charge in [0.05, 0.1) is 12.8 Å². The molecule has 0 fully saturated rings. The summed E-state index contributed by atoms with van der Waals surface area (Å²) in [5, 5.41) is 9.98. The molecular weight excluding hydrogens is 290 g/mol. The number of aromatic hydroxyl groups is 1. The highest BCUT2D eigenvalue weighted by atomic mass is 16.3. The maximum absolute atomic E-state index is 12.7. The Morgan fingerprint density at radius 3 is 2.78 bits per heavy atom. The summed E-state index contributed by atoms with van der Waals surface area (Å²) < 4.78 is 5.38. The molecule has 1 aliphatic carbocycles. The first-order valence-corrected chi connectivity index (χ1v) is 7.96. The molecular formula is C19H21NO3. The van der Waals surface area contributed by atoms with Crippen LogP contribution in [0.3, 0.4) is 0 Å². The average molecular weight is 311 g/mol. The number of carbonyl (C=O) groups excluding carboxylic acids is 1. The monoisotopic (exact) mass is 311 g/mol. The van der Waals surface area contributed by atoms with Gasteiger partial charge in [-0.3, -0.25) is 4.79 Å². The second-order valence-electron chi connectivity index (χ2n) is 5.93. The molecule has 0 radical (unpaired) electrons. The summed E-state index contributed by atoms with van der Waals surface area (Å²) in [4.78, 5) is 14.5. The predicted molar refractivity (Wildman–Crippen MR) is 87.5 cm³/mol. The molecule has 4 nitrogen and oxygen atoms in total.